The molecule has 1 atom stereocenters. The average molecular weight is 606 g/mol. The zero-order valence-electron chi connectivity index (χ0n) is 23.9. The molecule has 2 amide bonds. The summed E-state index contributed by atoms with van der Waals surface area (Å²) in [5, 5.41) is 3.11. The van der Waals surface area contributed by atoms with Crippen molar-refractivity contribution in [3.8, 4) is 0 Å². The number of hydrazine groups is 1. The van der Waals surface area contributed by atoms with Gasteiger partial charge in [-0.15, -0.1) is 0 Å². The summed E-state index contributed by atoms with van der Waals surface area (Å²) in [6, 6.07) is 25.6. The first kappa shape index (κ1) is 29.0. The quantitative estimate of drug-likeness (QED) is 0.331. The minimum Gasteiger partial charge on any atom is -0.338 e. The highest BCUT2D eigenvalue weighted by Gasteiger charge is 2.48. The molecule has 42 heavy (non-hydrogen) atoms. The smallest absolute Gasteiger partial charge is 0.253 e. The van der Waals surface area contributed by atoms with Gasteiger partial charge in [0.2, 0.25) is 5.91 Å². The van der Waals surface area contributed by atoms with Gasteiger partial charge in [0, 0.05) is 24.1 Å². The van der Waals surface area contributed by atoms with E-state index in [0.717, 1.165) is 88.1 Å². The number of likely N-dealkylation sites (tertiary alicyclic amines) is 2. The first-order chi connectivity index (χ1) is 20.4. The molecule has 8 heteroatoms. The Morgan fingerprint density at radius 3 is 2.26 bits per heavy atom. The standard InChI is InChI=1S/C34H38Cl2N4O2/c35-29-14-13-27(23-30(29)36)33(16-8-20-39(24-33)31(41)26-9-3-1-4-10-26)15-7-19-38-21-17-34(18-22-38)25-40(37-32(34)42)28-11-5-2-6-12-28/h1-6,9-14,23H,7-8,15-22,24-25H2,(H,37,42). The minimum absolute atomic E-state index is 0.0838. The fourth-order valence-corrected chi connectivity index (χ4v) is 7.43. The van der Waals surface area contributed by atoms with Crippen molar-refractivity contribution < 1.29 is 9.59 Å². The van der Waals surface area contributed by atoms with Crippen LogP contribution in [0.3, 0.4) is 0 Å². The highest BCUT2D eigenvalue weighted by molar-refractivity contribution is 6.42. The Labute approximate surface area is 258 Å². The van der Waals surface area contributed by atoms with Crippen LogP contribution in [0.2, 0.25) is 10.0 Å². The Balaban J connectivity index is 1.11. The summed E-state index contributed by atoms with van der Waals surface area (Å²) >= 11 is 12.8. The number of nitrogens with zero attached hydrogens (tertiary/aromatic N) is 3. The van der Waals surface area contributed by atoms with Crippen LogP contribution in [-0.4, -0.2) is 60.9 Å². The van der Waals surface area contributed by atoms with Crippen molar-refractivity contribution in [1.82, 2.24) is 15.2 Å². The Hall–Kier alpha value is -3.06. The van der Waals surface area contributed by atoms with Gasteiger partial charge in [-0.05, 0) is 100 Å². The summed E-state index contributed by atoms with van der Waals surface area (Å²) in [6.45, 7) is 4.93. The second-order valence-electron chi connectivity index (χ2n) is 12.2. The topological polar surface area (TPSA) is 55.9 Å². The molecule has 0 aromatic heterocycles. The molecule has 0 bridgehead atoms. The van der Waals surface area contributed by atoms with Crippen molar-refractivity contribution >= 4 is 40.7 Å². The Morgan fingerprint density at radius 2 is 1.55 bits per heavy atom. The van der Waals surface area contributed by atoms with Gasteiger partial charge in [-0.2, -0.15) is 0 Å². The third-order valence-electron chi connectivity index (χ3n) is 9.61. The fraction of sp³-hybridized carbons (Fsp3) is 0.412. The lowest BCUT2D eigenvalue weighted by Gasteiger charge is -2.44. The molecule has 3 aromatic rings. The monoisotopic (exact) mass is 604 g/mol. The molecule has 0 radical (unpaired) electrons. The first-order valence-electron chi connectivity index (χ1n) is 15.0. The molecule has 0 aliphatic carbocycles. The van der Waals surface area contributed by atoms with Crippen LogP contribution in [0.1, 0.15) is 54.4 Å². The number of hydrogen-bond acceptors (Lipinski definition) is 4. The van der Waals surface area contributed by atoms with Crippen molar-refractivity contribution in [3.63, 3.8) is 0 Å². The third kappa shape index (κ3) is 5.90. The van der Waals surface area contributed by atoms with Gasteiger partial charge in [0.1, 0.15) is 0 Å². The van der Waals surface area contributed by atoms with Gasteiger partial charge in [0.15, 0.2) is 0 Å². The molecular formula is C34H38Cl2N4O2. The van der Waals surface area contributed by atoms with Crippen LogP contribution in [-0.2, 0) is 10.2 Å². The molecule has 3 fully saturated rings. The number of rotatable bonds is 7. The minimum atomic E-state index is -0.324. The number of benzene rings is 3. The predicted molar refractivity (Wildman–Crippen MR) is 169 cm³/mol. The second kappa shape index (κ2) is 12.3. The lowest BCUT2D eigenvalue weighted by molar-refractivity contribution is -0.129. The van der Waals surface area contributed by atoms with Crippen LogP contribution in [0.15, 0.2) is 78.9 Å². The van der Waals surface area contributed by atoms with E-state index in [1.54, 1.807) is 0 Å². The Kier molecular flexibility index (Phi) is 8.49. The molecule has 1 N–H and O–H groups in total. The maximum absolute atomic E-state index is 13.5. The number of piperidine rings is 2. The van der Waals surface area contributed by atoms with Crippen LogP contribution in [0.25, 0.3) is 0 Å². The Morgan fingerprint density at radius 1 is 0.833 bits per heavy atom. The third-order valence-corrected chi connectivity index (χ3v) is 10.3. The lowest BCUT2D eigenvalue weighted by Crippen LogP contribution is -2.49. The van der Waals surface area contributed by atoms with Crippen LogP contribution in [0.5, 0.6) is 0 Å². The molecule has 220 valence electrons. The van der Waals surface area contributed by atoms with Gasteiger partial charge < -0.3 is 9.80 Å². The van der Waals surface area contributed by atoms with E-state index < -0.39 is 0 Å². The van der Waals surface area contributed by atoms with Crippen molar-refractivity contribution in [2.45, 2.75) is 43.9 Å². The van der Waals surface area contributed by atoms with Gasteiger partial charge in [-0.1, -0.05) is 65.7 Å². The molecule has 1 spiro atoms. The van der Waals surface area contributed by atoms with Crippen LogP contribution in [0, 0.1) is 5.41 Å². The van der Waals surface area contributed by atoms with Gasteiger partial charge >= 0.3 is 0 Å². The number of para-hydroxylation sites is 1. The van der Waals surface area contributed by atoms with E-state index in [0.29, 0.717) is 16.6 Å². The molecule has 6 nitrogen and oxygen atoms in total. The van der Waals surface area contributed by atoms with Crippen molar-refractivity contribution in [1.29, 1.82) is 0 Å². The van der Waals surface area contributed by atoms with Crippen molar-refractivity contribution in [3.05, 3.63) is 100 Å². The molecular weight excluding hydrogens is 567 g/mol. The van der Waals surface area contributed by atoms with Crippen molar-refractivity contribution in [2.24, 2.45) is 5.41 Å². The molecule has 3 aliphatic heterocycles. The number of halogens is 2. The fourth-order valence-electron chi connectivity index (χ4n) is 7.13. The predicted octanol–water partition coefficient (Wildman–Crippen LogP) is 6.58. The highest BCUT2D eigenvalue weighted by Crippen LogP contribution is 2.42. The van der Waals surface area contributed by atoms with Gasteiger partial charge in [-0.25, -0.2) is 0 Å². The van der Waals surface area contributed by atoms with Crippen LogP contribution in [0.4, 0.5) is 5.69 Å². The van der Waals surface area contributed by atoms with Gasteiger partial charge in [0.25, 0.3) is 5.91 Å². The number of carbonyl (C=O) groups excluding carboxylic acids is 2. The van der Waals surface area contributed by atoms with E-state index in [1.165, 1.54) is 0 Å². The van der Waals surface area contributed by atoms with E-state index >= 15 is 0 Å². The Bertz CT molecular complexity index is 1410. The van der Waals surface area contributed by atoms with Crippen LogP contribution >= 0.6 is 23.2 Å². The highest BCUT2D eigenvalue weighted by atomic mass is 35.5. The van der Waals surface area contributed by atoms with Crippen LogP contribution < -0.4 is 10.4 Å². The summed E-state index contributed by atoms with van der Waals surface area (Å²) in [6.07, 6.45) is 5.62. The SMILES string of the molecule is O=C(c1ccccc1)N1CCCC(CCCN2CCC3(CC2)CN(c2ccccc2)NC3=O)(c2ccc(Cl)c(Cl)c2)C1. The largest absolute Gasteiger partial charge is 0.338 e. The summed E-state index contributed by atoms with van der Waals surface area (Å²) in [7, 11) is 0. The number of carbonyl (C=O) groups is 2. The summed E-state index contributed by atoms with van der Waals surface area (Å²) in [4.78, 5) is 31.1. The van der Waals surface area contributed by atoms with E-state index in [2.05, 4.69) is 16.4 Å². The van der Waals surface area contributed by atoms with Crippen molar-refractivity contribution in [2.75, 3.05) is 44.3 Å². The van der Waals surface area contributed by atoms with E-state index in [1.807, 2.05) is 82.7 Å². The zero-order chi connectivity index (χ0) is 29.2. The first-order valence-corrected chi connectivity index (χ1v) is 15.8. The maximum atomic E-state index is 13.5. The summed E-state index contributed by atoms with van der Waals surface area (Å²) in [5.74, 6) is 0.232. The maximum Gasteiger partial charge on any atom is 0.253 e. The number of anilines is 1. The molecule has 3 aromatic carbocycles. The molecule has 6 rings (SSSR count). The number of hydrogen-bond donors (Lipinski definition) is 1. The molecule has 0 saturated carbocycles. The lowest BCUT2D eigenvalue weighted by atomic mass is 9.70. The second-order valence-corrected chi connectivity index (χ2v) is 13.0. The summed E-state index contributed by atoms with van der Waals surface area (Å²) < 4.78 is 0. The molecule has 3 aliphatic rings. The molecule has 3 heterocycles. The van der Waals surface area contributed by atoms with E-state index in [4.69, 9.17) is 23.2 Å². The average Bonchev–Trinajstić information content (AvgIpc) is 3.35. The van der Waals surface area contributed by atoms with E-state index in [-0.39, 0.29) is 22.6 Å². The number of nitrogens with one attached hydrogen (secondary N) is 1. The summed E-state index contributed by atoms with van der Waals surface area (Å²) in [5.41, 5.74) is 5.52. The van der Waals surface area contributed by atoms with Gasteiger partial charge in [-0.3, -0.25) is 20.0 Å². The normalized spacial score (nSPS) is 22.4. The van der Waals surface area contributed by atoms with Gasteiger partial charge in [0.05, 0.1) is 27.7 Å². The van der Waals surface area contributed by atoms with E-state index in [9.17, 15) is 9.59 Å². The number of amides is 2. The zero-order valence-corrected chi connectivity index (χ0v) is 25.4. The molecule has 3 saturated heterocycles. The molecule has 1 unspecified atom stereocenters.